The zero-order valence-corrected chi connectivity index (χ0v) is 19.6. The Bertz CT molecular complexity index is 825. The van der Waals surface area contributed by atoms with Crippen molar-refractivity contribution >= 4 is 24.1 Å². The molecule has 1 aliphatic rings. The summed E-state index contributed by atoms with van der Waals surface area (Å²) in [4.78, 5) is 49.4. The predicted octanol–water partition coefficient (Wildman–Crippen LogP) is 2.72. The highest BCUT2D eigenvalue weighted by Crippen LogP contribution is 2.17. The summed E-state index contributed by atoms with van der Waals surface area (Å²) in [5.74, 6) is 0.164. The zero-order valence-electron chi connectivity index (χ0n) is 19.6. The molecule has 1 heterocycles. The molecule has 10 nitrogen and oxygen atoms in total. The van der Waals surface area contributed by atoms with E-state index in [1.165, 1.54) is 12.1 Å². The fraction of sp³-hybridized carbons (Fsp3) is 0.565. The number of rotatable bonds is 7. The monoisotopic (exact) mass is 463 g/mol. The molecule has 33 heavy (non-hydrogen) atoms. The molecule has 0 aromatic heterocycles. The van der Waals surface area contributed by atoms with Gasteiger partial charge in [-0.25, -0.2) is 9.59 Å². The molecule has 1 aliphatic heterocycles. The van der Waals surface area contributed by atoms with E-state index in [-0.39, 0.29) is 30.9 Å². The third-order valence-electron chi connectivity index (χ3n) is 4.88. The van der Waals surface area contributed by atoms with Crippen LogP contribution < -0.4 is 15.4 Å². The van der Waals surface area contributed by atoms with Crippen LogP contribution in [-0.4, -0.2) is 67.3 Å². The highest BCUT2D eigenvalue weighted by Gasteiger charge is 2.24. The number of nitrogens with zero attached hydrogens (tertiary/aromatic N) is 1. The first-order chi connectivity index (χ1) is 15.6. The lowest BCUT2D eigenvalue weighted by molar-refractivity contribution is -0.131. The highest BCUT2D eigenvalue weighted by molar-refractivity contribution is 5.94. The first-order valence-corrected chi connectivity index (χ1v) is 11.0. The van der Waals surface area contributed by atoms with E-state index in [2.05, 4.69) is 10.6 Å². The number of benzene rings is 1. The summed E-state index contributed by atoms with van der Waals surface area (Å²) < 4.78 is 14.8. The Labute approximate surface area is 193 Å². The summed E-state index contributed by atoms with van der Waals surface area (Å²) in [5, 5.41) is 5.39. The number of hydrogen-bond acceptors (Lipinski definition) is 7. The Morgan fingerprint density at radius 1 is 1.03 bits per heavy atom. The van der Waals surface area contributed by atoms with Crippen LogP contribution in [0.15, 0.2) is 24.3 Å². The van der Waals surface area contributed by atoms with Gasteiger partial charge in [0.1, 0.15) is 17.9 Å². The fourth-order valence-corrected chi connectivity index (χ4v) is 3.22. The molecular weight excluding hydrogens is 430 g/mol. The third-order valence-corrected chi connectivity index (χ3v) is 4.88. The summed E-state index contributed by atoms with van der Waals surface area (Å²) >= 11 is 0. The Balaban J connectivity index is 1.69. The van der Waals surface area contributed by atoms with Crippen molar-refractivity contribution in [2.24, 2.45) is 5.92 Å². The molecule has 0 radical (unpaired) electrons. The van der Waals surface area contributed by atoms with E-state index in [0.717, 1.165) is 12.8 Å². The molecule has 0 saturated carbocycles. The minimum Gasteiger partial charge on any atom is -0.444 e. The quantitative estimate of drug-likeness (QED) is 0.471. The first-order valence-electron chi connectivity index (χ1n) is 11.0. The van der Waals surface area contributed by atoms with Gasteiger partial charge in [-0.2, -0.15) is 0 Å². The second kappa shape index (κ2) is 12.1. The van der Waals surface area contributed by atoms with Gasteiger partial charge in [0, 0.05) is 25.2 Å². The van der Waals surface area contributed by atoms with Gasteiger partial charge in [0.2, 0.25) is 5.91 Å². The van der Waals surface area contributed by atoms with Gasteiger partial charge >= 0.3 is 12.2 Å². The maximum absolute atomic E-state index is 12.4. The molecule has 3 amide bonds. The van der Waals surface area contributed by atoms with Crippen LogP contribution in [0.5, 0.6) is 5.75 Å². The molecule has 0 unspecified atom stereocenters. The normalized spacial score (nSPS) is 14.2. The van der Waals surface area contributed by atoms with Crippen LogP contribution in [0.3, 0.4) is 0 Å². The second-order valence-corrected chi connectivity index (χ2v) is 8.70. The lowest BCUT2D eigenvalue weighted by Gasteiger charge is -2.32. The van der Waals surface area contributed by atoms with Crippen molar-refractivity contribution in [3.63, 3.8) is 0 Å². The molecule has 0 atom stereocenters. The van der Waals surface area contributed by atoms with E-state index in [9.17, 15) is 19.2 Å². The number of carbonyl (C=O) groups excluding carboxylic acids is 4. The van der Waals surface area contributed by atoms with Gasteiger partial charge in [0.05, 0.1) is 6.61 Å². The van der Waals surface area contributed by atoms with E-state index >= 15 is 0 Å². The van der Waals surface area contributed by atoms with E-state index in [1.54, 1.807) is 44.7 Å². The van der Waals surface area contributed by atoms with Crippen molar-refractivity contribution in [3.05, 3.63) is 29.8 Å². The van der Waals surface area contributed by atoms with Crippen LogP contribution in [0.25, 0.3) is 0 Å². The molecule has 2 rings (SSSR count). The van der Waals surface area contributed by atoms with Crippen molar-refractivity contribution in [1.82, 2.24) is 15.5 Å². The number of hydrogen-bond donors (Lipinski definition) is 2. The van der Waals surface area contributed by atoms with E-state index in [4.69, 9.17) is 14.2 Å². The van der Waals surface area contributed by atoms with Crippen LogP contribution >= 0.6 is 0 Å². The van der Waals surface area contributed by atoms with Gasteiger partial charge in [-0.3, -0.25) is 9.59 Å². The SMILES string of the molecule is CCOC(=O)Oc1ccc(C(=O)NCC2CCN(C(=O)CNC(=O)OC(C)(C)C)CC2)cc1. The smallest absolute Gasteiger partial charge is 0.444 e. The number of carbonyl (C=O) groups is 4. The summed E-state index contributed by atoms with van der Waals surface area (Å²) in [7, 11) is 0. The number of likely N-dealkylation sites (tertiary alicyclic amines) is 1. The van der Waals surface area contributed by atoms with Crippen LogP contribution in [-0.2, 0) is 14.3 Å². The number of piperidine rings is 1. The van der Waals surface area contributed by atoms with Gasteiger partial charge in [0.25, 0.3) is 5.91 Å². The second-order valence-electron chi connectivity index (χ2n) is 8.70. The lowest BCUT2D eigenvalue weighted by atomic mass is 9.96. The van der Waals surface area contributed by atoms with Crippen molar-refractivity contribution in [2.45, 2.75) is 46.1 Å². The van der Waals surface area contributed by atoms with E-state index in [1.807, 2.05) is 0 Å². The molecule has 0 spiro atoms. The predicted molar refractivity (Wildman–Crippen MR) is 120 cm³/mol. The minimum absolute atomic E-state index is 0.105. The molecule has 2 N–H and O–H groups in total. The molecule has 0 bridgehead atoms. The maximum atomic E-state index is 12.4. The Kier molecular flexibility index (Phi) is 9.50. The van der Waals surface area contributed by atoms with Gasteiger partial charge in [-0.15, -0.1) is 0 Å². The van der Waals surface area contributed by atoms with Crippen molar-refractivity contribution in [1.29, 1.82) is 0 Å². The van der Waals surface area contributed by atoms with Crippen molar-refractivity contribution in [2.75, 3.05) is 32.8 Å². The minimum atomic E-state index is -0.792. The lowest BCUT2D eigenvalue weighted by Crippen LogP contribution is -2.46. The molecule has 0 aliphatic carbocycles. The van der Waals surface area contributed by atoms with Gasteiger partial charge < -0.3 is 29.7 Å². The first kappa shape index (κ1) is 26.0. The third kappa shape index (κ3) is 9.38. The van der Waals surface area contributed by atoms with Crippen molar-refractivity contribution in [3.8, 4) is 5.75 Å². The molecule has 182 valence electrons. The number of amides is 3. The largest absolute Gasteiger partial charge is 0.513 e. The number of nitrogens with one attached hydrogen (secondary N) is 2. The van der Waals surface area contributed by atoms with Crippen LogP contribution in [0, 0.1) is 5.92 Å². The molecule has 10 heteroatoms. The average Bonchev–Trinajstić information content (AvgIpc) is 2.75. The summed E-state index contributed by atoms with van der Waals surface area (Å²) in [6, 6.07) is 6.20. The molecular formula is C23H33N3O7. The van der Waals surface area contributed by atoms with E-state index < -0.39 is 17.8 Å². The summed E-state index contributed by atoms with van der Waals surface area (Å²) in [6.07, 6.45) is 0.101. The van der Waals surface area contributed by atoms with E-state index in [0.29, 0.717) is 30.9 Å². The summed E-state index contributed by atoms with van der Waals surface area (Å²) in [6.45, 7) is 8.69. The van der Waals surface area contributed by atoms with Crippen molar-refractivity contribution < 1.29 is 33.4 Å². The standard InChI is InChI=1S/C23H33N3O7/c1-5-31-22(30)32-18-8-6-17(7-9-18)20(28)24-14-16-10-12-26(13-11-16)19(27)15-25-21(29)33-23(2,3)4/h6-9,16H,5,10-15H2,1-4H3,(H,24,28)(H,25,29). The van der Waals surface area contributed by atoms with Crippen LogP contribution in [0.1, 0.15) is 50.9 Å². The zero-order chi connectivity index (χ0) is 24.4. The van der Waals surface area contributed by atoms with Gasteiger partial charge in [-0.05, 0) is 70.7 Å². The Hall–Kier alpha value is -3.30. The Morgan fingerprint density at radius 2 is 1.67 bits per heavy atom. The molecule has 1 aromatic carbocycles. The van der Waals surface area contributed by atoms with Crippen LogP contribution in [0.2, 0.25) is 0 Å². The number of ether oxygens (including phenoxy) is 3. The van der Waals surface area contributed by atoms with Gasteiger partial charge in [-0.1, -0.05) is 0 Å². The fourth-order valence-electron chi connectivity index (χ4n) is 3.22. The summed E-state index contributed by atoms with van der Waals surface area (Å²) in [5.41, 5.74) is -0.166. The molecule has 1 fully saturated rings. The molecule has 1 saturated heterocycles. The number of alkyl carbamates (subject to hydrolysis) is 1. The highest BCUT2D eigenvalue weighted by atomic mass is 16.7. The van der Waals surface area contributed by atoms with Gasteiger partial charge in [0.15, 0.2) is 0 Å². The van der Waals surface area contributed by atoms with Crippen LogP contribution in [0.4, 0.5) is 9.59 Å². The topological polar surface area (TPSA) is 123 Å². The molecule has 1 aromatic rings. The Morgan fingerprint density at radius 3 is 2.24 bits per heavy atom. The average molecular weight is 464 g/mol. The maximum Gasteiger partial charge on any atom is 0.513 e.